The summed E-state index contributed by atoms with van der Waals surface area (Å²) in [7, 11) is 0. The van der Waals surface area contributed by atoms with Crippen molar-refractivity contribution in [1.82, 2.24) is 19.7 Å². The molecule has 140 valence electrons. The molecule has 0 bridgehead atoms. The van der Waals surface area contributed by atoms with Crippen LogP contribution in [-0.2, 0) is 6.61 Å². The lowest BCUT2D eigenvalue weighted by Gasteiger charge is -2.15. The molecule has 5 nitrogen and oxygen atoms in total. The third kappa shape index (κ3) is 2.68. The standard InChI is InChI=1S/C22H19FN4O/c1-13-19-20(14-7-9-16(23)10-8-14)17(12-28)21(15-5-6-15)25-22(19)27(26-13)18-4-2-3-11-24-18/h2-4,7-11,15,28H,5-6,12H2,1H3. The molecule has 1 N–H and O–H groups in total. The monoisotopic (exact) mass is 374 g/mol. The molecular weight excluding hydrogens is 355 g/mol. The van der Waals surface area contributed by atoms with Crippen LogP contribution in [0.5, 0.6) is 0 Å². The van der Waals surface area contributed by atoms with E-state index in [1.807, 2.05) is 25.1 Å². The third-order valence-corrected chi connectivity index (χ3v) is 5.24. The highest BCUT2D eigenvalue weighted by atomic mass is 19.1. The first-order valence-electron chi connectivity index (χ1n) is 9.37. The molecule has 1 aliphatic carbocycles. The van der Waals surface area contributed by atoms with E-state index in [2.05, 4.69) is 4.98 Å². The van der Waals surface area contributed by atoms with E-state index in [4.69, 9.17) is 10.1 Å². The molecule has 1 saturated carbocycles. The molecule has 4 aromatic rings. The fraction of sp³-hybridized carbons (Fsp3) is 0.227. The predicted molar refractivity (Wildman–Crippen MR) is 105 cm³/mol. The molecular formula is C22H19FN4O. The van der Waals surface area contributed by atoms with Gasteiger partial charge in [-0.2, -0.15) is 9.78 Å². The lowest BCUT2D eigenvalue weighted by molar-refractivity contribution is 0.280. The highest BCUT2D eigenvalue weighted by molar-refractivity contribution is 5.97. The van der Waals surface area contributed by atoms with Gasteiger partial charge in [0.05, 0.1) is 23.4 Å². The Balaban J connectivity index is 1.88. The van der Waals surface area contributed by atoms with Gasteiger partial charge in [-0.25, -0.2) is 14.4 Å². The van der Waals surface area contributed by atoms with Crippen molar-refractivity contribution in [3.63, 3.8) is 0 Å². The first kappa shape index (κ1) is 17.0. The molecule has 6 heteroatoms. The molecule has 0 aliphatic heterocycles. The summed E-state index contributed by atoms with van der Waals surface area (Å²) in [6, 6.07) is 12.0. The van der Waals surface area contributed by atoms with Crippen LogP contribution < -0.4 is 0 Å². The molecule has 0 amide bonds. The van der Waals surface area contributed by atoms with E-state index in [0.29, 0.717) is 11.7 Å². The quantitative estimate of drug-likeness (QED) is 0.578. The second-order valence-corrected chi connectivity index (χ2v) is 7.17. The molecule has 0 saturated heterocycles. The number of hydrogen-bond acceptors (Lipinski definition) is 4. The fourth-order valence-corrected chi connectivity index (χ4v) is 3.80. The molecule has 3 heterocycles. The molecule has 0 unspecified atom stereocenters. The molecule has 1 aliphatic rings. The summed E-state index contributed by atoms with van der Waals surface area (Å²) in [5.41, 5.74) is 4.97. The Bertz CT molecular complexity index is 1170. The number of hydrogen-bond donors (Lipinski definition) is 1. The number of aryl methyl sites for hydroxylation is 1. The average molecular weight is 374 g/mol. The zero-order chi connectivity index (χ0) is 19.3. The third-order valence-electron chi connectivity index (χ3n) is 5.24. The number of rotatable bonds is 4. The van der Waals surface area contributed by atoms with E-state index in [1.54, 1.807) is 23.0 Å². The van der Waals surface area contributed by atoms with E-state index < -0.39 is 0 Å². The summed E-state index contributed by atoms with van der Waals surface area (Å²) >= 11 is 0. The first-order valence-corrected chi connectivity index (χ1v) is 9.37. The Kier molecular flexibility index (Phi) is 3.94. The van der Waals surface area contributed by atoms with Crippen molar-refractivity contribution in [3.8, 4) is 16.9 Å². The van der Waals surface area contributed by atoms with E-state index in [1.165, 1.54) is 12.1 Å². The van der Waals surface area contributed by atoms with Crippen LogP contribution >= 0.6 is 0 Å². The van der Waals surface area contributed by atoms with Gasteiger partial charge in [0.25, 0.3) is 0 Å². The lowest BCUT2D eigenvalue weighted by atomic mass is 9.94. The number of nitrogens with zero attached hydrogens (tertiary/aromatic N) is 4. The SMILES string of the molecule is Cc1nn(-c2ccccn2)c2nc(C3CC3)c(CO)c(-c3ccc(F)cc3)c12. The Morgan fingerprint density at radius 3 is 2.57 bits per heavy atom. The van der Waals surface area contributed by atoms with Gasteiger partial charge < -0.3 is 5.11 Å². The second-order valence-electron chi connectivity index (χ2n) is 7.17. The maximum atomic E-state index is 13.5. The normalized spacial score (nSPS) is 14.0. The van der Waals surface area contributed by atoms with Crippen LogP contribution in [0.4, 0.5) is 4.39 Å². The minimum atomic E-state index is -0.289. The van der Waals surface area contributed by atoms with Crippen molar-refractivity contribution in [2.45, 2.75) is 32.3 Å². The van der Waals surface area contributed by atoms with Crippen molar-refractivity contribution in [2.75, 3.05) is 0 Å². The average Bonchev–Trinajstić information content (AvgIpc) is 3.52. The van der Waals surface area contributed by atoms with Gasteiger partial charge in [0.15, 0.2) is 11.5 Å². The van der Waals surface area contributed by atoms with Gasteiger partial charge in [-0.3, -0.25) is 0 Å². The van der Waals surface area contributed by atoms with Gasteiger partial charge in [-0.1, -0.05) is 18.2 Å². The van der Waals surface area contributed by atoms with E-state index >= 15 is 0 Å². The number of pyridine rings is 2. The van der Waals surface area contributed by atoms with Crippen molar-refractivity contribution >= 4 is 11.0 Å². The Hall–Kier alpha value is -3.12. The van der Waals surface area contributed by atoms with E-state index in [-0.39, 0.29) is 12.4 Å². The number of fused-ring (bicyclic) bond motifs is 1. The van der Waals surface area contributed by atoms with E-state index in [0.717, 1.165) is 52.0 Å². The van der Waals surface area contributed by atoms with Crippen LogP contribution in [0, 0.1) is 12.7 Å². The molecule has 0 atom stereocenters. The molecule has 28 heavy (non-hydrogen) atoms. The maximum Gasteiger partial charge on any atom is 0.165 e. The topological polar surface area (TPSA) is 63.8 Å². The summed E-state index contributed by atoms with van der Waals surface area (Å²) in [4.78, 5) is 9.36. The van der Waals surface area contributed by atoms with Gasteiger partial charge in [0, 0.05) is 23.2 Å². The van der Waals surface area contributed by atoms with Crippen LogP contribution in [0.2, 0.25) is 0 Å². The lowest BCUT2D eigenvalue weighted by Crippen LogP contribution is -2.05. The van der Waals surface area contributed by atoms with Crippen molar-refractivity contribution in [1.29, 1.82) is 0 Å². The number of aliphatic hydroxyl groups excluding tert-OH is 1. The predicted octanol–water partition coefficient (Wildman–Crippen LogP) is 4.30. The van der Waals surface area contributed by atoms with Gasteiger partial charge in [-0.15, -0.1) is 0 Å². The van der Waals surface area contributed by atoms with Crippen LogP contribution in [0.15, 0.2) is 48.7 Å². The summed E-state index contributed by atoms with van der Waals surface area (Å²) in [5.74, 6) is 0.748. The van der Waals surface area contributed by atoms with Gasteiger partial charge in [0.2, 0.25) is 0 Å². The number of halogens is 1. The molecule has 3 aromatic heterocycles. The maximum absolute atomic E-state index is 13.5. The minimum Gasteiger partial charge on any atom is -0.392 e. The highest BCUT2D eigenvalue weighted by Crippen LogP contribution is 2.45. The van der Waals surface area contributed by atoms with Crippen molar-refractivity contribution < 1.29 is 9.50 Å². The summed E-state index contributed by atoms with van der Waals surface area (Å²) in [6.07, 6.45) is 3.85. The number of benzene rings is 1. The largest absolute Gasteiger partial charge is 0.392 e. The summed E-state index contributed by atoms with van der Waals surface area (Å²) in [5, 5.41) is 15.8. The Labute approximate surface area is 161 Å². The van der Waals surface area contributed by atoms with Crippen molar-refractivity contribution in [3.05, 3.63) is 71.4 Å². The second kappa shape index (κ2) is 6.49. The van der Waals surface area contributed by atoms with Crippen molar-refractivity contribution in [2.24, 2.45) is 0 Å². The van der Waals surface area contributed by atoms with Crippen LogP contribution in [-0.4, -0.2) is 24.9 Å². The van der Waals surface area contributed by atoms with Crippen LogP contribution in [0.25, 0.3) is 28.0 Å². The first-order chi connectivity index (χ1) is 13.7. The number of aromatic nitrogens is 4. The Morgan fingerprint density at radius 2 is 1.93 bits per heavy atom. The number of aliphatic hydroxyl groups is 1. The van der Waals surface area contributed by atoms with Gasteiger partial charge in [-0.05, 0) is 49.6 Å². The Morgan fingerprint density at radius 1 is 1.14 bits per heavy atom. The van der Waals surface area contributed by atoms with Crippen LogP contribution in [0.1, 0.15) is 35.7 Å². The molecule has 5 rings (SSSR count). The van der Waals surface area contributed by atoms with E-state index in [9.17, 15) is 9.50 Å². The zero-order valence-corrected chi connectivity index (χ0v) is 15.4. The van der Waals surface area contributed by atoms with Gasteiger partial charge in [0.1, 0.15) is 5.82 Å². The zero-order valence-electron chi connectivity index (χ0n) is 15.4. The molecule has 1 aromatic carbocycles. The highest BCUT2D eigenvalue weighted by Gasteiger charge is 2.31. The smallest absolute Gasteiger partial charge is 0.165 e. The van der Waals surface area contributed by atoms with Gasteiger partial charge >= 0.3 is 0 Å². The molecule has 0 radical (unpaired) electrons. The minimum absolute atomic E-state index is 0.115. The summed E-state index contributed by atoms with van der Waals surface area (Å²) in [6.45, 7) is 1.81. The molecule has 0 spiro atoms. The van der Waals surface area contributed by atoms with Crippen LogP contribution in [0.3, 0.4) is 0 Å². The fourth-order valence-electron chi connectivity index (χ4n) is 3.80. The molecule has 1 fully saturated rings. The summed E-state index contributed by atoms with van der Waals surface area (Å²) < 4.78 is 15.3.